The van der Waals surface area contributed by atoms with Gasteiger partial charge in [-0.05, 0) is 67.6 Å². The van der Waals surface area contributed by atoms with Crippen LogP contribution in [0.4, 0.5) is 0 Å². The van der Waals surface area contributed by atoms with Crippen molar-refractivity contribution in [3.63, 3.8) is 0 Å². The molecule has 8 nitrogen and oxygen atoms in total. The fourth-order valence-electron chi connectivity index (χ4n) is 12.3. The standard InChI is InChI=1S/C35H57N2O6/c1-23(38)42-31-20-25-8-9-26-27(34(25,4)22-29(31)36-14-12-35(13-15-36)40-18-19-41-35)10-11-33(3)28(26)21-30(32(33)43-24(2)39)37(5)16-6-7-17-37/h25-32H,6-22H2,1-5H3/q+1/t25-,26+,27-,28-,29-,30-,31-,32-,33-,34-/m0/s1. The molecule has 3 heterocycles. The molecule has 0 aromatic heterocycles. The van der Waals surface area contributed by atoms with Gasteiger partial charge >= 0.3 is 11.9 Å². The average molecular weight is 602 g/mol. The SMILES string of the molecule is CC(=O)O[C@H]1C[C@@H]2CC[C@@H]3[C@H](CC[C@@]4(C)[C@H]3C[C@H]([N+]3(C)CCCC3)[C@@H]4OC(C)=O)[C@@]2(C)C[C@@H]1N1CCC2(CC1)OCCO2. The third-order valence-corrected chi connectivity index (χ3v) is 14.4. The van der Waals surface area contributed by atoms with Crippen LogP contribution in [0.2, 0.25) is 0 Å². The molecule has 0 N–H and O–H groups in total. The molecule has 4 saturated carbocycles. The number of likely N-dealkylation sites (N-methyl/N-ethyl adjacent to an activating group) is 1. The second kappa shape index (κ2) is 10.9. The number of carbonyl (C=O) groups is 2. The fraction of sp³-hybridized carbons (Fsp3) is 0.943. The highest BCUT2D eigenvalue weighted by Gasteiger charge is 2.67. The number of esters is 2. The van der Waals surface area contributed by atoms with Crippen LogP contribution in [0, 0.1) is 34.5 Å². The minimum Gasteiger partial charge on any atom is -0.461 e. The van der Waals surface area contributed by atoms with E-state index in [9.17, 15) is 9.59 Å². The number of likely N-dealkylation sites (tertiary alicyclic amines) is 2. The van der Waals surface area contributed by atoms with Gasteiger partial charge in [0.25, 0.3) is 0 Å². The highest BCUT2D eigenvalue weighted by atomic mass is 16.7. The van der Waals surface area contributed by atoms with Gasteiger partial charge in [0, 0.05) is 70.5 Å². The Balaban J connectivity index is 1.15. The Labute approximate surface area is 259 Å². The van der Waals surface area contributed by atoms with Gasteiger partial charge in [-0.3, -0.25) is 14.5 Å². The topological polar surface area (TPSA) is 74.3 Å². The zero-order valence-electron chi connectivity index (χ0n) is 27.5. The summed E-state index contributed by atoms with van der Waals surface area (Å²) in [6, 6.07) is 0.661. The lowest BCUT2D eigenvalue weighted by molar-refractivity contribution is -0.924. The molecular formula is C35H57N2O6+. The molecule has 7 fully saturated rings. The van der Waals surface area contributed by atoms with E-state index in [1.165, 1.54) is 51.6 Å². The summed E-state index contributed by atoms with van der Waals surface area (Å²) in [7, 11) is 2.44. The van der Waals surface area contributed by atoms with Crippen LogP contribution in [-0.4, -0.2) is 97.8 Å². The zero-order chi connectivity index (χ0) is 30.2. The Kier molecular flexibility index (Phi) is 7.75. The Bertz CT molecular complexity index is 1080. The summed E-state index contributed by atoms with van der Waals surface area (Å²) in [6.45, 7) is 14.0. The summed E-state index contributed by atoms with van der Waals surface area (Å²) in [5.74, 6) is 1.87. The summed E-state index contributed by atoms with van der Waals surface area (Å²) in [6.07, 6.45) is 12.4. The maximum Gasteiger partial charge on any atom is 0.303 e. The monoisotopic (exact) mass is 601 g/mol. The lowest BCUT2D eigenvalue weighted by Crippen LogP contribution is -2.62. The number of rotatable bonds is 4. The maximum absolute atomic E-state index is 12.5. The van der Waals surface area contributed by atoms with Gasteiger partial charge in [-0.2, -0.15) is 0 Å². The van der Waals surface area contributed by atoms with Crippen LogP contribution in [0.15, 0.2) is 0 Å². The van der Waals surface area contributed by atoms with E-state index in [1.54, 1.807) is 13.8 Å². The van der Waals surface area contributed by atoms with E-state index in [1.807, 2.05) is 0 Å². The zero-order valence-corrected chi connectivity index (χ0v) is 27.5. The molecule has 0 aromatic rings. The van der Waals surface area contributed by atoms with E-state index in [4.69, 9.17) is 18.9 Å². The van der Waals surface area contributed by atoms with Crippen LogP contribution in [0.3, 0.4) is 0 Å². The quantitative estimate of drug-likeness (QED) is 0.334. The average Bonchev–Trinajstić information content (AvgIpc) is 3.67. The molecule has 0 unspecified atom stereocenters. The molecule has 1 spiro atoms. The summed E-state index contributed by atoms with van der Waals surface area (Å²) in [5.41, 5.74) is 0.281. The van der Waals surface area contributed by atoms with Gasteiger partial charge in [0.2, 0.25) is 0 Å². The van der Waals surface area contributed by atoms with E-state index in [2.05, 4.69) is 25.8 Å². The number of quaternary nitrogens is 1. The molecule has 0 amide bonds. The molecule has 7 rings (SSSR count). The molecule has 3 aliphatic heterocycles. The summed E-state index contributed by atoms with van der Waals surface area (Å²) in [4.78, 5) is 27.4. The Hall–Kier alpha value is -1.22. The van der Waals surface area contributed by atoms with Crippen LogP contribution in [0.1, 0.15) is 98.3 Å². The minimum atomic E-state index is -0.399. The van der Waals surface area contributed by atoms with Crippen molar-refractivity contribution in [1.82, 2.24) is 4.90 Å². The summed E-state index contributed by atoms with van der Waals surface area (Å²) < 4.78 is 25.7. The Morgan fingerprint density at radius 1 is 0.837 bits per heavy atom. The van der Waals surface area contributed by atoms with Gasteiger partial charge < -0.3 is 23.4 Å². The van der Waals surface area contributed by atoms with E-state index < -0.39 is 5.79 Å². The number of nitrogens with zero attached hydrogens (tertiary/aromatic N) is 2. The van der Waals surface area contributed by atoms with Crippen LogP contribution in [-0.2, 0) is 28.5 Å². The van der Waals surface area contributed by atoms with Crippen LogP contribution < -0.4 is 0 Å². The van der Waals surface area contributed by atoms with Crippen LogP contribution in [0.5, 0.6) is 0 Å². The third-order valence-electron chi connectivity index (χ3n) is 14.4. The van der Waals surface area contributed by atoms with Crippen molar-refractivity contribution in [3.05, 3.63) is 0 Å². The molecule has 43 heavy (non-hydrogen) atoms. The summed E-state index contributed by atoms with van der Waals surface area (Å²) >= 11 is 0. The van der Waals surface area contributed by atoms with Gasteiger partial charge in [0.05, 0.1) is 33.4 Å². The third kappa shape index (κ3) is 5.00. The lowest BCUT2D eigenvalue weighted by atomic mass is 9.44. The van der Waals surface area contributed by atoms with Crippen LogP contribution in [0.25, 0.3) is 0 Å². The van der Waals surface area contributed by atoms with Gasteiger partial charge in [-0.25, -0.2) is 0 Å². The second-order valence-corrected chi connectivity index (χ2v) is 16.5. The lowest BCUT2D eigenvalue weighted by Gasteiger charge is -2.62. The number of hydrogen-bond donors (Lipinski definition) is 0. The number of hydrogen-bond acceptors (Lipinski definition) is 7. The van der Waals surface area contributed by atoms with Crippen molar-refractivity contribution in [1.29, 1.82) is 0 Å². The highest BCUT2D eigenvalue weighted by Crippen LogP contribution is 2.68. The predicted molar refractivity (Wildman–Crippen MR) is 162 cm³/mol. The minimum absolute atomic E-state index is 0.0257. The van der Waals surface area contributed by atoms with E-state index in [0.717, 1.165) is 49.7 Å². The maximum atomic E-state index is 12.5. The van der Waals surface area contributed by atoms with E-state index in [0.29, 0.717) is 42.9 Å². The first-order chi connectivity index (χ1) is 20.5. The molecule has 10 atom stereocenters. The summed E-state index contributed by atoms with van der Waals surface area (Å²) in [5, 5.41) is 0. The molecule has 242 valence electrons. The Morgan fingerprint density at radius 3 is 2.16 bits per heavy atom. The van der Waals surface area contributed by atoms with E-state index in [-0.39, 0.29) is 41.0 Å². The highest BCUT2D eigenvalue weighted by molar-refractivity contribution is 5.66. The largest absolute Gasteiger partial charge is 0.461 e. The fourth-order valence-corrected chi connectivity index (χ4v) is 12.3. The molecule has 0 aromatic carbocycles. The van der Waals surface area contributed by atoms with Crippen molar-refractivity contribution in [2.45, 2.75) is 128 Å². The first-order valence-corrected chi connectivity index (χ1v) is 17.7. The first-order valence-electron chi connectivity index (χ1n) is 17.7. The molecular weight excluding hydrogens is 544 g/mol. The molecule has 0 bridgehead atoms. The first kappa shape index (κ1) is 30.4. The van der Waals surface area contributed by atoms with Crippen LogP contribution >= 0.6 is 0 Å². The molecule has 4 aliphatic carbocycles. The van der Waals surface area contributed by atoms with Gasteiger partial charge in [-0.1, -0.05) is 13.8 Å². The van der Waals surface area contributed by atoms with Gasteiger partial charge in [-0.15, -0.1) is 0 Å². The van der Waals surface area contributed by atoms with Crippen molar-refractivity contribution >= 4 is 11.9 Å². The van der Waals surface area contributed by atoms with Crippen molar-refractivity contribution < 1.29 is 33.0 Å². The Morgan fingerprint density at radius 2 is 1.51 bits per heavy atom. The molecule has 0 radical (unpaired) electrons. The predicted octanol–water partition coefficient (Wildman–Crippen LogP) is 4.93. The van der Waals surface area contributed by atoms with E-state index >= 15 is 0 Å². The number of piperidine rings is 1. The molecule has 8 heteroatoms. The van der Waals surface area contributed by atoms with Gasteiger partial charge in [0.1, 0.15) is 12.1 Å². The number of ether oxygens (including phenoxy) is 4. The van der Waals surface area contributed by atoms with Crippen molar-refractivity contribution in [3.8, 4) is 0 Å². The van der Waals surface area contributed by atoms with Crippen molar-refractivity contribution in [2.75, 3.05) is 46.4 Å². The normalized spacial score (nSPS) is 47.0. The van der Waals surface area contributed by atoms with Gasteiger partial charge in [0.15, 0.2) is 11.9 Å². The smallest absolute Gasteiger partial charge is 0.303 e. The molecule has 3 saturated heterocycles. The number of fused-ring (bicyclic) bond motifs is 5. The molecule has 7 aliphatic rings. The number of carbonyl (C=O) groups excluding carboxylic acids is 2. The second-order valence-electron chi connectivity index (χ2n) is 16.5. The van der Waals surface area contributed by atoms with Crippen molar-refractivity contribution in [2.24, 2.45) is 34.5 Å².